The van der Waals surface area contributed by atoms with Crippen molar-refractivity contribution in [2.45, 2.75) is 200 Å². The van der Waals surface area contributed by atoms with Gasteiger partial charge in [-0.3, -0.25) is 9.59 Å². The summed E-state index contributed by atoms with van der Waals surface area (Å²) in [5.74, 6) is 0.267. The van der Waals surface area contributed by atoms with E-state index in [-0.39, 0.29) is 25.1 Å². The van der Waals surface area contributed by atoms with E-state index in [1.807, 2.05) is 0 Å². The Kier molecular flexibility index (Phi) is 33.3. The monoisotopic (exact) mass is 642 g/mol. The smallest absolute Gasteiger partial charge is 0.323 e. The van der Waals surface area contributed by atoms with Crippen LogP contribution in [0.1, 0.15) is 188 Å². The van der Waals surface area contributed by atoms with Crippen molar-refractivity contribution in [3.63, 3.8) is 0 Å². The Hall–Kier alpha value is -1.18. The lowest BCUT2D eigenvalue weighted by Gasteiger charge is -2.21. The molecule has 2 unspecified atom stereocenters. The van der Waals surface area contributed by atoms with Crippen LogP contribution in [0.25, 0.3) is 0 Å². The zero-order chi connectivity index (χ0) is 33.2. The second-order valence-electron chi connectivity index (χ2n) is 13.3. The molecule has 7 nitrogen and oxygen atoms in total. The highest BCUT2D eigenvalue weighted by Gasteiger charge is 2.21. The number of hydrogen-bond donors (Lipinski definition) is 3. The molecule has 0 aromatic rings. The predicted molar refractivity (Wildman–Crippen MR) is 187 cm³/mol. The second-order valence-corrected chi connectivity index (χ2v) is 13.3. The van der Waals surface area contributed by atoms with Gasteiger partial charge in [-0.05, 0) is 31.6 Å². The summed E-state index contributed by atoms with van der Waals surface area (Å²) < 4.78 is 11.2. The molecule has 268 valence electrons. The fourth-order valence-corrected chi connectivity index (χ4v) is 5.87. The molecule has 0 aliphatic carbocycles. The minimum atomic E-state index is -0.897. The molecular weight excluding hydrogens is 566 g/mol. The Bertz CT molecular complexity index is 634. The van der Waals surface area contributed by atoms with E-state index in [9.17, 15) is 19.8 Å². The Morgan fingerprint density at radius 3 is 1.64 bits per heavy atom. The van der Waals surface area contributed by atoms with Crippen molar-refractivity contribution in [2.75, 3.05) is 26.4 Å². The van der Waals surface area contributed by atoms with Gasteiger partial charge in [-0.1, -0.05) is 156 Å². The average molecular weight is 642 g/mol. The summed E-state index contributed by atoms with van der Waals surface area (Å²) in [6.07, 6.45) is 28.2. The standard InChI is InChI=1S/C38H75NO6/c1-4-7-10-13-14-15-19-24-30-44-37(42)28-23-18-16-17-22-27-36(39-32-35(41)33-40)38(43)45-31-29-34(25-20-11-8-5-2)26-21-12-9-6-3/h34-36,39-41H,4-33H2,1-3H3. The number of aliphatic hydroxyl groups excluding tert-OH is 2. The summed E-state index contributed by atoms with van der Waals surface area (Å²) in [7, 11) is 0. The maximum atomic E-state index is 13.0. The molecule has 0 rings (SSSR count). The van der Waals surface area contributed by atoms with E-state index >= 15 is 0 Å². The third-order valence-electron chi connectivity index (χ3n) is 8.93. The lowest BCUT2D eigenvalue weighted by Crippen LogP contribution is -2.43. The van der Waals surface area contributed by atoms with Crippen molar-refractivity contribution in [3.8, 4) is 0 Å². The zero-order valence-corrected chi connectivity index (χ0v) is 30.0. The molecule has 2 atom stereocenters. The largest absolute Gasteiger partial charge is 0.466 e. The van der Waals surface area contributed by atoms with Crippen LogP contribution >= 0.6 is 0 Å². The van der Waals surface area contributed by atoms with Crippen LogP contribution in [0.15, 0.2) is 0 Å². The van der Waals surface area contributed by atoms with Gasteiger partial charge in [0.1, 0.15) is 6.04 Å². The third kappa shape index (κ3) is 29.9. The Morgan fingerprint density at radius 1 is 0.578 bits per heavy atom. The van der Waals surface area contributed by atoms with Crippen LogP contribution in [-0.2, 0) is 19.1 Å². The molecule has 7 heteroatoms. The highest BCUT2D eigenvalue weighted by molar-refractivity contribution is 5.75. The first-order valence-electron chi connectivity index (χ1n) is 19.3. The number of nitrogens with one attached hydrogen (secondary N) is 1. The summed E-state index contributed by atoms with van der Waals surface area (Å²) in [4.78, 5) is 25.0. The van der Waals surface area contributed by atoms with Gasteiger partial charge in [0.25, 0.3) is 0 Å². The van der Waals surface area contributed by atoms with E-state index in [0.717, 1.165) is 51.4 Å². The summed E-state index contributed by atoms with van der Waals surface area (Å²) in [6, 6.07) is -0.481. The summed E-state index contributed by atoms with van der Waals surface area (Å²) in [6.45, 7) is 7.53. The van der Waals surface area contributed by atoms with E-state index < -0.39 is 12.1 Å². The van der Waals surface area contributed by atoms with Crippen molar-refractivity contribution < 1.29 is 29.3 Å². The number of rotatable bonds is 35. The van der Waals surface area contributed by atoms with E-state index in [1.54, 1.807) is 0 Å². The van der Waals surface area contributed by atoms with Gasteiger partial charge in [0, 0.05) is 13.0 Å². The summed E-state index contributed by atoms with van der Waals surface area (Å²) in [5, 5.41) is 22.1. The molecular formula is C38H75NO6. The molecule has 0 spiro atoms. The number of ether oxygens (including phenoxy) is 2. The Morgan fingerprint density at radius 2 is 1.07 bits per heavy atom. The van der Waals surface area contributed by atoms with Crippen LogP contribution in [0.2, 0.25) is 0 Å². The molecule has 0 heterocycles. The lowest BCUT2D eigenvalue weighted by atomic mass is 9.92. The van der Waals surface area contributed by atoms with E-state index in [1.165, 1.54) is 103 Å². The molecule has 0 aliphatic heterocycles. The van der Waals surface area contributed by atoms with Crippen molar-refractivity contribution in [3.05, 3.63) is 0 Å². The van der Waals surface area contributed by atoms with Gasteiger partial charge in [-0.15, -0.1) is 0 Å². The van der Waals surface area contributed by atoms with Gasteiger partial charge in [0.2, 0.25) is 0 Å². The van der Waals surface area contributed by atoms with Crippen LogP contribution in [0.5, 0.6) is 0 Å². The van der Waals surface area contributed by atoms with Crippen LogP contribution < -0.4 is 5.32 Å². The Labute approximate surface area is 278 Å². The first-order valence-corrected chi connectivity index (χ1v) is 19.3. The number of esters is 2. The second kappa shape index (κ2) is 34.2. The first-order chi connectivity index (χ1) is 22.0. The van der Waals surface area contributed by atoms with Crippen LogP contribution in [0.3, 0.4) is 0 Å². The minimum absolute atomic E-state index is 0.0865. The Balaban J connectivity index is 4.27. The third-order valence-corrected chi connectivity index (χ3v) is 8.93. The molecule has 3 N–H and O–H groups in total. The summed E-state index contributed by atoms with van der Waals surface area (Å²) in [5.41, 5.74) is 0. The van der Waals surface area contributed by atoms with Crippen molar-refractivity contribution in [1.29, 1.82) is 0 Å². The van der Waals surface area contributed by atoms with Crippen molar-refractivity contribution in [1.82, 2.24) is 5.32 Å². The first kappa shape index (κ1) is 43.8. The maximum Gasteiger partial charge on any atom is 0.323 e. The molecule has 0 radical (unpaired) electrons. The van der Waals surface area contributed by atoms with Gasteiger partial charge in [0.15, 0.2) is 0 Å². The van der Waals surface area contributed by atoms with Gasteiger partial charge in [-0.2, -0.15) is 0 Å². The van der Waals surface area contributed by atoms with Gasteiger partial charge in [0.05, 0.1) is 25.9 Å². The average Bonchev–Trinajstić information content (AvgIpc) is 3.04. The maximum absolute atomic E-state index is 13.0. The molecule has 0 aliphatic rings. The van der Waals surface area contributed by atoms with Crippen molar-refractivity contribution in [2.24, 2.45) is 5.92 Å². The fourth-order valence-electron chi connectivity index (χ4n) is 5.87. The van der Waals surface area contributed by atoms with Gasteiger partial charge in [-0.25, -0.2) is 0 Å². The molecule has 0 aromatic carbocycles. The van der Waals surface area contributed by atoms with Crippen LogP contribution in [0, 0.1) is 5.92 Å². The topological polar surface area (TPSA) is 105 Å². The van der Waals surface area contributed by atoms with Gasteiger partial charge < -0.3 is 25.0 Å². The number of unbranched alkanes of at least 4 members (excludes halogenated alkanes) is 17. The fraction of sp³-hybridized carbons (Fsp3) is 0.947. The number of carbonyl (C=O) groups excluding carboxylic acids is 2. The highest BCUT2D eigenvalue weighted by atomic mass is 16.5. The number of hydrogen-bond acceptors (Lipinski definition) is 7. The quantitative estimate of drug-likeness (QED) is 0.0468. The van der Waals surface area contributed by atoms with E-state index in [0.29, 0.717) is 32.0 Å². The summed E-state index contributed by atoms with van der Waals surface area (Å²) >= 11 is 0. The van der Waals surface area contributed by atoms with Crippen LogP contribution in [0.4, 0.5) is 0 Å². The molecule has 0 bridgehead atoms. The highest BCUT2D eigenvalue weighted by Crippen LogP contribution is 2.22. The minimum Gasteiger partial charge on any atom is -0.466 e. The van der Waals surface area contributed by atoms with Crippen molar-refractivity contribution >= 4 is 11.9 Å². The van der Waals surface area contributed by atoms with E-state index in [2.05, 4.69) is 26.1 Å². The molecule has 0 saturated carbocycles. The molecule has 0 aromatic heterocycles. The SMILES string of the molecule is CCCCCCCCCCOC(=O)CCCCCCCC(NCC(O)CO)C(=O)OCCC(CCCCCC)CCCCCC. The lowest BCUT2D eigenvalue weighted by molar-refractivity contribution is -0.147. The number of aliphatic hydroxyl groups is 2. The molecule has 0 fully saturated rings. The van der Waals surface area contributed by atoms with E-state index in [4.69, 9.17) is 9.47 Å². The normalized spacial score (nSPS) is 12.8. The van der Waals surface area contributed by atoms with Gasteiger partial charge >= 0.3 is 11.9 Å². The number of carbonyl (C=O) groups is 2. The molecule has 45 heavy (non-hydrogen) atoms. The zero-order valence-electron chi connectivity index (χ0n) is 30.0. The molecule has 0 saturated heterocycles. The molecule has 0 amide bonds. The van der Waals surface area contributed by atoms with Crippen LogP contribution in [-0.4, -0.2) is 60.7 Å². The predicted octanol–water partition coefficient (Wildman–Crippen LogP) is 9.20.